The smallest absolute Gasteiger partial charge is 0.230 e. The maximum absolute atomic E-state index is 12.2. The van der Waals surface area contributed by atoms with Crippen LogP contribution < -0.4 is 5.32 Å². The van der Waals surface area contributed by atoms with Crippen molar-refractivity contribution >= 4 is 22.5 Å². The summed E-state index contributed by atoms with van der Waals surface area (Å²) >= 11 is 0. The summed E-state index contributed by atoms with van der Waals surface area (Å²) in [5, 5.41) is 9.00. The Morgan fingerprint density at radius 1 is 1.09 bits per heavy atom. The van der Waals surface area contributed by atoms with E-state index in [4.69, 9.17) is 4.52 Å². The molecule has 1 N–H and O–H groups in total. The van der Waals surface area contributed by atoms with Crippen LogP contribution in [-0.2, 0) is 16.6 Å². The van der Waals surface area contributed by atoms with Gasteiger partial charge in [0.1, 0.15) is 5.76 Å². The molecule has 0 saturated carbocycles. The van der Waals surface area contributed by atoms with Gasteiger partial charge in [-0.05, 0) is 16.3 Å². The fraction of sp³-hybridized carbons (Fsp3) is 0.263. The Bertz CT molecular complexity index is 844. The average molecular weight is 308 g/mol. The number of anilines is 1. The number of fused-ring (bicyclic) bond motifs is 1. The molecule has 1 aromatic heterocycles. The lowest BCUT2D eigenvalue weighted by Gasteiger charge is -2.12. The second-order valence-electron chi connectivity index (χ2n) is 6.73. The molecule has 0 saturated heterocycles. The molecule has 118 valence electrons. The minimum Gasteiger partial charge on any atom is -0.359 e. The van der Waals surface area contributed by atoms with E-state index in [9.17, 15) is 4.79 Å². The van der Waals surface area contributed by atoms with Gasteiger partial charge in [0.25, 0.3) is 0 Å². The SMILES string of the molecule is CC(C)(C)c1cc(NC(=O)Cc2ccc3ccccc3c2)no1. The molecule has 0 aliphatic rings. The molecule has 0 unspecified atom stereocenters. The van der Waals surface area contributed by atoms with Crippen molar-refractivity contribution in [2.24, 2.45) is 0 Å². The summed E-state index contributed by atoms with van der Waals surface area (Å²) in [7, 11) is 0. The second kappa shape index (κ2) is 5.88. The highest BCUT2D eigenvalue weighted by atomic mass is 16.5. The monoisotopic (exact) mass is 308 g/mol. The number of carbonyl (C=O) groups excluding carboxylic acids is 1. The third kappa shape index (κ3) is 3.59. The Kier molecular flexibility index (Phi) is 3.90. The van der Waals surface area contributed by atoms with Gasteiger partial charge in [-0.2, -0.15) is 0 Å². The standard InChI is InChI=1S/C19H20N2O2/c1-19(2,3)16-12-17(21-23-16)20-18(22)11-13-8-9-14-6-4-5-7-15(14)10-13/h4-10,12H,11H2,1-3H3,(H,20,21,22). The van der Waals surface area contributed by atoms with Gasteiger partial charge in [0, 0.05) is 11.5 Å². The number of carbonyl (C=O) groups is 1. The fourth-order valence-corrected chi connectivity index (χ4v) is 2.41. The Morgan fingerprint density at radius 2 is 1.83 bits per heavy atom. The van der Waals surface area contributed by atoms with Crippen molar-refractivity contribution in [1.82, 2.24) is 5.16 Å². The highest BCUT2D eigenvalue weighted by Crippen LogP contribution is 2.24. The Hall–Kier alpha value is -2.62. The molecule has 3 aromatic rings. The predicted octanol–water partition coefficient (Wildman–Crippen LogP) is 4.31. The number of nitrogens with zero attached hydrogens (tertiary/aromatic N) is 1. The molecule has 3 rings (SSSR count). The first-order valence-corrected chi connectivity index (χ1v) is 7.66. The van der Waals surface area contributed by atoms with Gasteiger partial charge < -0.3 is 9.84 Å². The van der Waals surface area contributed by atoms with Crippen LogP contribution in [0.3, 0.4) is 0 Å². The maximum Gasteiger partial charge on any atom is 0.230 e. The normalized spacial score (nSPS) is 11.6. The first-order valence-electron chi connectivity index (χ1n) is 7.66. The Labute approximate surface area is 135 Å². The van der Waals surface area contributed by atoms with Gasteiger partial charge >= 0.3 is 0 Å². The second-order valence-corrected chi connectivity index (χ2v) is 6.73. The largest absolute Gasteiger partial charge is 0.359 e. The van der Waals surface area contributed by atoms with Crippen molar-refractivity contribution in [3.8, 4) is 0 Å². The molecule has 1 heterocycles. The molecule has 0 radical (unpaired) electrons. The molecular weight excluding hydrogens is 288 g/mol. The highest BCUT2D eigenvalue weighted by molar-refractivity contribution is 5.92. The molecule has 2 aromatic carbocycles. The molecule has 0 atom stereocenters. The molecule has 4 heteroatoms. The van der Waals surface area contributed by atoms with Crippen molar-refractivity contribution in [3.05, 3.63) is 59.9 Å². The van der Waals surface area contributed by atoms with Gasteiger partial charge in [0.2, 0.25) is 5.91 Å². The van der Waals surface area contributed by atoms with E-state index in [2.05, 4.69) is 16.5 Å². The summed E-state index contributed by atoms with van der Waals surface area (Å²) in [6.45, 7) is 6.11. The third-order valence-corrected chi connectivity index (χ3v) is 3.70. The third-order valence-electron chi connectivity index (χ3n) is 3.70. The van der Waals surface area contributed by atoms with Gasteiger partial charge in [-0.1, -0.05) is 68.4 Å². The van der Waals surface area contributed by atoms with Crippen molar-refractivity contribution in [2.45, 2.75) is 32.6 Å². The van der Waals surface area contributed by atoms with E-state index in [0.29, 0.717) is 12.2 Å². The first kappa shape index (κ1) is 15.3. The van der Waals surface area contributed by atoms with Crippen LogP contribution in [0.5, 0.6) is 0 Å². The number of hydrogen-bond acceptors (Lipinski definition) is 3. The van der Waals surface area contributed by atoms with E-state index < -0.39 is 0 Å². The van der Waals surface area contributed by atoms with Crippen molar-refractivity contribution in [1.29, 1.82) is 0 Å². The van der Waals surface area contributed by atoms with E-state index in [0.717, 1.165) is 16.7 Å². The van der Waals surface area contributed by atoms with Crippen LogP contribution in [0.4, 0.5) is 5.82 Å². The number of rotatable bonds is 3. The van der Waals surface area contributed by atoms with Crippen LogP contribution in [0, 0.1) is 0 Å². The highest BCUT2D eigenvalue weighted by Gasteiger charge is 2.20. The predicted molar refractivity (Wildman–Crippen MR) is 91.5 cm³/mol. The van der Waals surface area contributed by atoms with Crippen molar-refractivity contribution in [3.63, 3.8) is 0 Å². The van der Waals surface area contributed by atoms with E-state index in [1.54, 1.807) is 6.07 Å². The molecule has 4 nitrogen and oxygen atoms in total. The number of aromatic nitrogens is 1. The molecule has 1 amide bonds. The van der Waals surface area contributed by atoms with E-state index in [1.807, 2.05) is 57.2 Å². The number of nitrogens with one attached hydrogen (secondary N) is 1. The van der Waals surface area contributed by atoms with Crippen LogP contribution in [-0.4, -0.2) is 11.1 Å². The average Bonchev–Trinajstić information content (AvgIpc) is 2.95. The van der Waals surface area contributed by atoms with E-state index in [1.165, 1.54) is 5.39 Å². The number of amides is 1. The molecule has 0 spiro atoms. The van der Waals surface area contributed by atoms with Crippen molar-refractivity contribution < 1.29 is 9.32 Å². The molecule has 0 fully saturated rings. The minimum atomic E-state index is -0.131. The zero-order chi connectivity index (χ0) is 16.4. The van der Waals surface area contributed by atoms with Crippen molar-refractivity contribution in [2.75, 3.05) is 5.32 Å². The molecule has 0 bridgehead atoms. The molecule has 23 heavy (non-hydrogen) atoms. The zero-order valence-electron chi connectivity index (χ0n) is 13.6. The van der Waals surface area contributed by atoms with Crippen LogP contribution in [0.25, 0.3) is 10.8 Å². The number of benzene rings is 2. The van der Waals surface area contributed by atoms with Gasteiger partial charge in [0.15, 0.2) is 5.82 Å². The van der Waals surface area contributed by atoms with E-state index >= 15 is 0 Å². The fourth-order valence-electron chi connectivity index (χ4n) is 2.41. The van der Waals surface area contributed by atoms with Crippen LogP contribution in [0.1, 0.15) is 32.1 Å². The van der Waals surface area contributed by atoms with Crippen LogP contribution in [0.2, 0.25) is 0 Å². The lowest BCUT2D eigenvalue weighted by Crippen LogP contribution is -2.14. The summed E-state index contributed by atoms with van der Waals surface area (Å²) in [5.41, 5.74) is 0.842. The van der Waals surface area contributed by atoms with E-state index in [-0.39, 0.29) is 11.3 Å². The summed E-state index contributed by atoms with van der Waals surface area (Å²) < 4.78 is 5.27. The zero-order valence-corrected chi connectivity index (χ0v) is 13.6. The summed E-state index contributed by atoms with van der Waals surface area (Å²) in [6, 6.07) is 15.9. The van der Waals surface area contributed by atoms with Gasteiger partial charge in [-0.3, -0.25) is 4.79 Å². The summed E-state index contributed by atoms with van der Waals surface area (Å²) in [5.74, 6) is 1.10. The maximum atomic E-state index is 12.2. The minimum absolute atomic E-state index is 0.103. The lowest BCUT2D eigenvalue weighted by molar-refractivity contribution is -0.115. The van der Waals surface area contributed by atoms with Crippen LogP contribution in [0.15, 0.2) is 53.1 Å². The lowest BCUT2D eigenvalue weighted by atomic mass is 9.93. The molecule has 0 aliphatic carbocycles. The summed E-state index contributed by atoms with van der Waals surface area (Å²) in [4.78, 5) is 12.2. The van der Waals surface area contributed by atoms with Crippen LogP contribution >= 0.6 is 0 Å². The molecule has 0 aliphatic heterocycles. The molecular formula is C19H20N2O2. The summed E-state index contributed by atoms with van der Waals surface area (Å²) in [6.07, 6.45) is 0.308. The number of hydrogen-bond donors (Lipinski definition) is 1. The van der Waals surface area contributed by atoms with Gasteiger partial charge in [0.05, 0.1) is 6.42 Å². The Morgan fingerprint density at radius 3 is 2.52 bits per heavy atom. The van der Waals surface area contributed by atoms with Gasteiger partial charge in [-0.15, -0.1) is 0 Å². The Balaban J connectivity index is 1.69. The first-order chi connectivity index (χ1) is 10.9. The topological polar surface area (TPSA) is 55.1 Å². The van der Waals surface area contributed by atoms with Gasteiger partial charge in [-0.25, -0.2) is 0 Å². The quantitative estimate of drug-likeness (QED) is 0.784.